The summed E-state index contributed by atoms with van der Waals surface area (Å²) in [5, 5.41) is 11.7. The van der Waals surface area contributed by atoms with E-state index in [0.717, 1.165) is 0 Å². The highest BCUT2D eigenvalue weighted by Crippen LogP contribution is 2.16. The predicted molar refractivity (Wildman–Crippen MR) is 76.6 cm³/mol. The minimum Gasteiger partial charge on any atom is -0.477 e. The third-order valence-electron chi connectivity index (χ3n) is 2.52. The molecule has 108 valence electrons. The Morgan fingerprint density at radius 3 is 2.57 bits per heavy atom. The lowest BCUT2D eigenvalue weighted by Gasteiger charge is -2.06. The van der Waals surface area contributed by atoms with Crippen LogP contribution in [0, 0.1) is 0 Å². The van der Waals surface area contributed by atoms with Gasteiger partial charge in [-0.05, 0) is 23.8 Å². The normalized spacial score (nSPS) is 10.2. The van der Waals surface area contributed by atoms with E-state index in [2.05, 4.69) is 15.3 Å². The molecule has 8 heteroatoms. The van der Waals surface area contributed by atoms with Crippen LogP contribution in [0.5, 0.6) is 0 Å². The molecule has 0 unspecified atom stereocenters. The number of pyridine rings is 2. The van der Waals surface area contributed by atoms with Gasteiger partial charge in [0.25, 0.3) is 5.91 Å². The van der Waals surface area contributed by atoms with Crippen molar-refractivity contribution in [2.75, 3.05) is 0 Å². The first-order chi connectivity index (χ1) is 9.97. The van der Waals surface area contributed by atoms with E-state index in [1.807, 2.05) is 0 Å². The van der Waals surface area contributed by atoms with Crippen LogP contribution in [-0.4, -0.2) is 27.0 Å². The number of amides is 1. The largest absolute Gasteiger partial charge is 0.477 e. The van der Waals surface area contributed by atoms with Crippen molar-refractivity contribution in [2.24, 2.45) is 0 Å². The monoisotopic (exact) mass is 325 g/mol. The van der Waals surface area contributed by atoms with E-state index in [1.165, 1.54) is 24.4 Å². The molecule has 2 aromatic heterocycles. The Kier molecular flexibility index (Phi) is 4.72. The number of rotatable bonds is 4. The first-order valence-electron chi connectivity index (χ1n) is 5.76. The zero-order valence-electron chi connectivity index (χ0n) is 10.5. The number of halogens is 2. The molecule has 0 aliphatic heterocycles. The number of aromatic carboxylic acids is 1. The van der Waals surface area contributed by atoms with Crippen LogP contribution < -0.4 is 5.32 Å². The second-order valence-electron chi connectivity index (χ2n) is 4.00. The molecule has 2 rings (SSSR count). The fourth-order valence-electron chi connectivity index (χ4n) is 1.50. The van der Waals surface area contributed by atoms with Gasteiger partial charge in [0.1, 0.15) is 16.5 Å². The molecule has 2 aromatic rings. The van der Waals surface area contributed by atoms with E-state index in [9.17, 15) is 9.59 Å². The second kappa shape index (κ2) is 6.51. The Hall–Kier alpha value is -2.18. The lowest BCUT2D eigenvalue weighted by molar-refractivity contribution is 0.0690. The molecule has 0 bridgehead atoms. The molecule has 0 saturated carbocycles. The number of carboxylic acids is 1. The van der Waals surface area contributed by atoms with E-state index < -0.39 is 11.9 Å². The van der Waals surface area contributed by atoms with Crippen LogP contribution in [0.3, 0.4) is 0 Å². The zero-order valence-corrected chi connectivity index (χ0v) is 12.0. The lowest BCUT2D eigenvalue weighted by Crippen LogP contribution is -2.24. The van der Waals surface area contributed by atoms with Gasteiger partial charge in [0.05, 0.1) is 5.02 Å². The van der Waals surface area contributed by atoms with E-state index >= 15 is 0 Å². The smallest absolute Gasteiger partial charge is 0.354 e. The lowest BCUT2D eigenvalue weighted by atomic mass is 10.2. The molecule has 2 N–H and O–H groups in total. The number of hydrogen-bond donors (Lipinski definition) is 2. The SMILES string of the molecule is O=C(O)c1ccc(CNC(=O)c2nc(Cl)ccc2Cl)cn1. The molecule has 0 spiro atoms. The zero-order chi connectivity index (χ0) is 15.4. The standard InChI is InChI=1S/C13H9Cl2N3O3/c14-8-2-4-10(15)18-11(8)12(19)17-6-7-1-3-9(13(20)21)16-5-7/h1-5H,6H2,(H,17,19)(H,20,21). The fourth-order valence-corrected chi connectivity index (χ4v) is 1.84. The van der Waals surface area contributed by atoms with Gasteiger partial charge in [-0.25, -0.2) is 14.8 Å². The first kappa shape index (κ1) is 15.2. The van der Waals surface area contributed by atoms with Gasteiger partial charge < -0.3 is 10.4 Å². The molecule has 0 aliphatic rings. The molecule has 0 radical (unpaired) electrons. The number of carbonyl (C=O) groups is 2. The predicted octanol–water partition coefficient (Wildman–Crippen LogP) is 2.41. The van der Waals surface area contributed by atoms with Crippen LogP contribution in [0.15, 0.2) is 30.5 Å². The molecule has 2 heterocycles. The molecular formula is C13H9Cl2N3O3. The van der Waals surface area contributed by atoms with Gasteiger partial charge in [0.15, 0.2) is 0 Å². The quantitative estimate of drug-likeness (QED) is 0.842. The van der Waals surface area contributed by atoms with Crippen molar-refractivity contribution in [1.82, 2.24) is 15.3 Å². The highest BCUT2D eigenvalue weighted by Gasteiger charge is 2.13. The maximum absolute atomic E-state index is 11.9. The summed E-state index contributed by atoms with van der Waals surface area (Å²) in [6.45, 7) is 0.163. The molecule has 0 aliphatic carbocycles. The summed E-state index contributed by atoms with van der Waals surface area (Å²) in [5.41, 5.74) is 0.607. The molecule has 6 nitrogen and oxygen atoms in total. The van der Waals surface area contributed by atoms with Crippen molar-refractivity contribution >= 4 is 35.1 Å². The van der Waals surface area contributed by atoms with Crippen LogP contribution >= 0.6 is 23.2 Å². The topological polar surface area (TPSA) is 92.2 Å². The molecule has 0 atom stereocenters. The van der Waals surface area contributed by atoms with Crippen LogP contribution in [0.2, 0.25) is 10.2 Å². The van der Waals surface area contributed by atoms with E-state index in [-0.39, 0.29) is 28.1 Å². The van der Waals surface area contributed by atoms with E-state index in [4.69, 9.17) is 28.3 Å². The third-order valence-corrected chi connectivity index (χ3v) is 3.04. The van der Waals surface area contributed by atoms with Gasteiger partial charge >= 0.3 is 5.97 Å². The Bertz CT molecular complexity index is 690. The van der Waals surface area contributed by atoms with Crippen molar-refractivity contribution < 1.29 is 14.7 Å². The molecule has 1 amide bonds. The van der Waals surface area contributed by atoms with Gasteiger partial charge in [0.2, 0.25) is 0 Å². The van der Waals surface area contributed by atoms with E-state index in [0.29, 0.717) is 5.56 Å². The average Bonchev–Trinajstić information content (AvgIpc) is 2.47. The van der Waals surface area contributed by atoms with Crippen molar-refractivity contribution in [3.8, 4) is 0 Å². The highest BCUT2D eigenvalue weighted by molar-refractivity contribution is 6.34. The molecular weight excluding hydrogens is 317 g/mol. The highest BCUT2D eigenvalue weighted by atomic mass is 35.5. The summed E-state index contributed by atoms with van der Waals surface area (Å²) in [6.07, 6.45) is 1.37. The van der Waals surface area contributed by atoms with Crippen LogP contribution in [0.1, 0.15) is 26.5 Å². The van der Waals surface area contributed by atoms with Gasteiger partial charge in [-0.1, -0.05) is 29.3 Å². The summed E-state index contributed by atoms with van der Waals surface area (Å²) in [5.74, 6) is -1.59. The van der Waals surface area contributed by atoms with Crippen molar-refractivity contribution in [3.05, 3.63) is 57.6 Å². The maximum Gasteiger partial charge on any atom is 0.354 e. The van der Waals surface area contributed by atoms with Crippen LogP contribution in [-0.2, 0) is 6.54 Å². The Balaban J connectivity index is 2.04. The number of carbonyl (C=O) groups excluding carboxylic acids is 1. The summed E-state index contributed by atoms with van der Waals surface area (Å²) in [7, 11) is 0. The summed E-state index contributed by atoms with van der Waals surface area (Å²) in [6, 6.07) is 5.88. The summed E-state index contributed by atoms with van der Waals surface area (Å²) in [4.78, 5) is 30.2. The average molecular weight is 326 g/mol. The number of aromatic nitrogens is 2. The van der Waals surface area contributed by atoms with Crippen molar-refractivity contribution in [3.63, 3.8) is 0 Å². The van der Waals surface area contributed by atoms with Crippen LogP contribution in [0.4, 0.5) is 0 Å². The number of hydrogen-bond acceptors (Lipinski definition) is 4. The minimum absolute atomic E-state index is 0.0271. The van der Waals surface area contributed by atoms with Gasteiger partial charge in [-0.3, -0.25) is 4.79 Å². The Morgan fingerprint density at radius 2 is 1.95 bits per heavy atom. The Labute approximate surface area is 129 Å². The van der Waals surface area contributed by atoms with E-state index in [1.54, 1.807) is 6.07 Å². The van der Waals surface area contributed by atoms with Crippen molar-refractivity contribution in [2.45, 2.75) is 6.54 Å². The maximum atomic E-state index is 11.9. The Morgan fingerprint density at radius 1 is 1.19 bits per heavy atom. The number of nitrogens with one attached hydrogen (secondary N) is 1. The number of nitrogens with zero attached hydrogens (tertiary/aromatic N) is 2. The number of carboxylic acid groups (broad SMARTS) is 1. The third kappa shape index (κ3) is 3.90. The van der Waals surface area contributed by atoms with Crippen molar-refractivity contribution in [1.29, 1.82) is 0 Å². The van der Waals surface area contributed by atoms with Gasteiger partial charge in [-0.15, -0.1) is 0 Å². The molecule has 0 aromatic carbocycles. The van der Waals surface area contributed by atoms with Crippen LogP contribution in [0.25, 0.3) is 0 Å². The minimum atomic E-state index is -1.11. The first-order valence-corrected chi connectivity index (χ1v) is 6.51. The molecule has 21 heavy (non-hydrogen) atoms. The molecule has 0 saturated heterocycles. The second-order valence-corrected chi connectivity index (χ2v) is 4.80. The fraction of sp³-hybridized carbons (Fsp3) is 0.0769. The summed E-state index contributed by atoms with van der Waals surface area (Å²) >= 11 is 11.6. The van der Waals surface area contributed by atoms with Gasteiger partial charge in [-0.2, -0.15) is 0 Å². The summed E-state index contributed by atoms with van der Waals surface area (Å²) < 4.78 is 0. The van der Waals surface area contributed by atoms with Gasteiger partial charge in [0, 0.05) is 12.7 Å². The molecule has 0 fully saturated rings.